The summed E-state index contributed by atoms with van der Waals surface area (Å²) in [6, 6.07) is 8.64. The molecular weight excluding hydrogens is 228 g/mol. The van der Waals surface area contributed by atoms with Crippen LogP contribution in [0.25, 0.3) is 20.2 Å². The zero-order valence-corrected chi connectivity index (χ0v) is 11.0. The molecule has 0 aliphatic rings. The highest BCUT2D eigenvalue weighted by Gasteiger charge is 2.12. The van der Waals surface area contributed by atoms with E-state index in [-0.39, 0.29) is 0 Å². The summed E-state index contributed by atoms with van der Waals surface area (Å²) in [6.07, 6.45) is 0. The van der Waals surface area contributed by atoms with Gasteiger partial charge in [-0.3, -0.25) is 0 Å². The highest BCUT2D eigenvalue weighted by molar-refractivity contribution is 7.26. The molecule has 0 unspecified atom stereocenters. The van der Waals surface area contributed by atoms with E-state index in [0.29, 0.717) is 5.75 Å². The van der Waals surface area contributed by atoms with E-state index in [1.165, 1.54) is 21.0 Å². The van der Waals surface area contributed by atoms with E-state index >= 15 is 0 Å². The molecule has 0 spiro atoms. The number of phenols is 1. The second-order valence-corrected chi connectivity index (χ2v) is 5.70. The van der Waals surface area contributed by atoms with Crippen molar-refractivity contribution in [2.24, 2.45) is 0 Å². The molecule has 0 atom stereocenters. The largest absolute Gasteiger partial charge is 0.506 e. The van der Waals surface area contributed by atoms with Crippen LogP contribution in [-0.2, 0) is 0 Å². The molecule has 0 aliphatic carbocycles. The summed E-state index contributed by atoms with van der Waals surface area (Å²) in [4.78, 5) is 0. The molecule has 86 valence electrons. The summed E-state index contributed by atoms with van der Waals surface area (Å²) in [5, 5.41) is 12.6. The summed E-state index contributed by atoms with van der Waals surface area (Å²) in [5.41, 5.74) is 3.40. The molecule has 1 nitrogen and oxygen atoms in total. The fourth-order valence-corrected chi connectivity index (χ4v) is 3.40. The number of hydrogen-bond donors (Lipinski definition) is 1. The van der Waals surface area contributed by atoms with Gasteiger partial charge in [-0.15, -0.1) is 11.3 Å². The lowest BCUT2D eigenvalue weighted by Crippen LogP contribution is -1.81. The van der Waals surface area contributed by atoms with Gasteiger partial charge in [0.05, 0.1) is 4.70 Å². The number of aryl methyl sites for hydroxylation is 2. The van der Waals surface area contributed by atoms with Crippen molar-refractivity contribution in [2.75, 3.05) is 0 Å². The van der Waals surface area contributed by atoms with Gasteiger partial charge in [-0.25, -0.2) is 0 Å². The van der Waals surface area contributed by atoms with Crippen LogP contribution >= 0.6 is 11.3 Å². The molecule has 1 N–H and O–H groups in total. The van der Waals surface area contributed by atoms with Gasteiger partial charge in [0, 0.05) is 15.5 Å². The first-order chi connectivity index (χ1) is 8.08. The molecule has 2 aromatic carbocycles. The molecule has 0 saturated heterocycles. The van der Waals surface area contributed by atoms with Crippen molar-refractivity contribution in [1.82, 2.24) is 0 Å². The lowest BCUT2D eigenvalue weighted by molar-refractivity contribution is 0.478. The van der Waals surface area contributed by atoms with Crippen molar-refractivity contribution in [2.45, 2.75) is 20.8 Å². The first-order valence-corrected chi connectivity index (χ1v) is 6.51. The third-order valence-electron chi connectivity index (χ3n) is 3.40. The molecule has 3 aromatic rings. The minimum atomic E-state index is 0.443. The smallest absolute Gasteiger partial charge is 0.136 e. The predicted molar refractivity (Wildman–Crippen MR) is 75.2 cm³/mol. The first-order valence-electron chi connectivity index (χ1n) is 5.70. The van der Waals surface area contributed by atoms with Gasteiger partial charge in [0.1, 0.15) is 5.75 Å². The molecular formula is C15H14OS. The number of thiophene rings is 1. The first kappa shape index (κ1) is 10.6. The van der Waals surface area contributed by atoms with Gasteiger partial charge in [-0.1, -0.05) is 11.6 Å². The maximum absolute atomic E-state index is 10.2. The lowest BCUT2D eigenvalue weighted by atomic mass is 10.0. The van der Waals surface area contributed by atoms with Crippen LogP contribution in [0.1, 0.15) is 16.7 Å². The zero-order chi connectivity index (χ0) is 12.2. The standard InChI is InChI=1S/C15H14OS/c1-8-4-5-13-11(6-8)12-7-9(2)10(3)14(16)15(12)17-13/h4-7,16H,1-3H3. The molecule has 3 rings (SSSR count). The Labute approximate surface area is 104 Å². The van der Waals surface area contributed by atoms with Crippen molar-refractivity contribution < 1.29 is 5.11 Å². The van der Waals surface area contributed by atoms with Crippen LogP contribution in [0.3, 0.4) is 0 Å². The fraction of sp³-hybridized carbons (Fsp3) is 0.200. The Morgan fingerprint density at radius 2 is 1.76 bits per heavy atom. The monoisotopic (exact) mass is 242 g/mol. The lowest BCUT2D eigenvalue weighted by Gasteiger charge is -2.04. The van der Waals surface area contributed by atoms with Crippen LogP contribution in [-0.4, -0.2) is 5.11 Å². The number of phenolic OH excluding ortho intramolecular Hbond substituents is 1. The van der Waals surface area contributed by atoms with Gasteiger partial charge >= 0.3 is 0 Å². The van der Waals surface area contributed by atoms with Gasteiger partial charge in [-0.05, 0) is 50.1 Å². The fourth-order valence-electron chi connectivity index (χ4n) is 2.23. The molecule has 0 fully saturated rings. The molecule has 0 amide bonds. The van der Waals surface area contributed by atoms with Gasteiger partial charge in [0.25, 0.3) is 0 Å². The number of benzene rings is 2. The summed E-state index contributed by atoms with van der Waals surface area (Å²) in [5.74, 6) is 0.443. The van der Waals surface area contributed by atoms with Crippen molar-refractivity contribution >= 4 is 31.5 Å². The molecule has 0 bridgehead atoms. The second-order valence-electron chi connectivity index (χ2n) is 4.65. The Morgan fingerprint density at radius 3 is 2.53 bits per heavy atom. The van der Waals surface area contributed by atoms with Crippen LogP contribution < -0.4 is 0 Å². The van der Waals surface area contributed by atoms with Crippen molar-refractivity contribution in [3.63, 3.8) is 0 Å². The summed E-state index contributed by atoms with van der Waals surface area (Å²) < 4.78 is 2.25. The van der Waals surface area contributed by atoms with Gasteiger partial charge in [0.2, 0.25) is 0 Å². The average molecular weight is 242 g/mol. The van der Waals surface area contributed by atoms with Crippen LogP contribution in [0.4, 0.5) is 0 Å². The summed E-state index contributed by atoms with van der Waals surface area (Å²) in [7, 11) is 0. The van der Waals surface area contributed by atoms with Crippen LogP contribution in [0.2, 0.25) is 0 Å². The van der Waals surface area contributed by atoms with Crippen LogP contribution in [0.5, 0.6) is 5.75 Å². The van der Waals surface area contributed by atoms with E-state index in [4.69, 9.17) is 0 Å². The Balaban J connectivity index is 2.57. The minimum absolute atomic E-state index is 0.443. The second kappa shape index (κ2) is 3.47. The highest BCUT2D eigenvalue weighted by Crippen LogP contribution is 2.41. The van der Waals surface area contributed by atoms with Crippen LogP contribution in [0.15, 0.2) is 24.3 Å². The number of hydrogen-bond acceptors (Lipinski definition) is 2. The van der Waals surface area contributed by atoms with E-state index < -0.39 is 0 Å². The Morgan fingerprint density at radius 1 is 1.00 bits per heavy atom. The highest BCUT2D eigenvalue weighted by atomic mass is 32.1. The van der Waals surface area contributed by atoms with Crippen molar-refractivity contribution in [1.29, 1.82) is 0 Å². The van der Waals surface area contributed by atoms with Gasteiger partial charge in [-0.2, -0.15) is 0 Å². The third kappa shape index (κ3) is 1.44. The molecule has 1 aromatic heterocycles. The van der Waals surface area contributed by atoms with E-state index in [0.717, 1.165) is 15.8 Å². The third-order valence-corrected chi connectivity index (χ3v) is 4.60. The molecule has 2 heteroatoms. The summed E-state index contributed by atoms with van der Waals surface area (Å²) >= 11 is 1.67. The number of fused-ring (bicyclic) bond motifs is 3. The SMILES string of the molecule is Cc1ccc2sc3c(O)c(C)c(C)cc3c2c1. The van der Waals surface area contributed by atoms with Gasteiger partial charge in [0.15, 0.2) is 0 Å². The maximum Gasteiger partial charge on any atom is 0.136 e. The molecule has 0 radical (unpaired) electrons. The number of rotatable bonds is 0. The Kier molecular flexibility index (Phi) is 2.17. The predicted octanol–water partition coefficient (Wildman–Crippen LogP) is 4.69. The van der Waals surface area contributed by atoms with E-state index in [2.05, 4.69) is 31.2 Å². The molecule has 17 heavy (non-hydrogen) atoms. The van der Waals surface area contributed by atoms with Crippen molar-refractivity contribution in [3.05, 3.63) is 41.0 Å². The molecule has 1 heterocycles. The van der Waals surface area contributed by atoms with Crippen molar-refractivity contribution in [3.8, 4) is 5.75 Å². The van der Waals surface area contributed by atoms with E-state index in [1.807, 2.05) is 13.8 Å². The molecule has 0 aliphatic heterocycles. The van der Waals surface area contributed by atoms with Gasteiger partial charge < -0.3 is 5.11 Å². The molecule has 0 saturated carbocycles. The minimum Gasteiger partial charge on any atom is -0.506 e. The maximum atomic E-state index is 10.2. The topological polar surface area (TPSA) is 20.2 Å². The van der Waals surface area contributed by atoms with Crippen LogP contribution in [0, 0.1) is 20.8 Å². The Hall–Kier alpha value is -1.54. The summed E-state index contributed by atoms with van der Waals surface area (Å²) in [6.45, 7) is 6.12. The van der Waals surface area contributed by atoms with E-state index in [1.54, 1.807) is 11.3 Å². The number of aromatic hydroxyl groups is 1. The quantitative estimate of drug-likeness (QED) is 0.606. The average Bonchev–Trinajstić information content (AvgIpc) is 2.65. The zero-order valence-electron chi connectivity index (χ0n) is 10.2. The normalized spacial score (nSPS) is 11.5. The van der Waals surface area contributed by atoms with E-state index in [9.17, 15) is 5.11 Å². The Bertz CT molecular complexity index is 738.